The molecule has 0 fully saturated rings. The van der Waals surface area contributed by atoms with Gasteiger partial charge in [0, 0.05) is 17.8 Å². The van der Waals surface area contributed by atoms with Gasteiger partial charge < -0.3 is 10.1 Å². The Balaban J connectivity index is 1.69. The fraction of sp³-hybridized carbons (Fsp3) is 0.0417. The molecule has 0 radical (unpaired) electrons. The molecule has 0 unspecified atom stereocenters. The molecule has 0 aliphatic rings. The third kappa shape index (κ3) is 5.64. The second-order valence-electron chi connectivity index (χ2n) is 6.76. The first-order valence-electron chi connectivity index (χ1n) is 9.42. The van der Waals surface area contributed by atoms with Crippen molar-refractivity contribution < 1.29 is 19.2 Å². The van der Waals surface area contributed by atoms with Crippen molar-refractivity contribution in [1.82, 2.24) is 0 Å². The average Bonchev–Trinajstić information content (AvgIpc) is 2.79. The lowest BCUT2D eigenvalue weighted by Crippen LogP contribution is -2.13. The van der Waals surface area contributed by atoms with E-state index in [1.807, 2.05) is 25.1 Å². The average molecular weight is 427 g/mol. The van der Waals surface area contributed by atoms with E-state index in [1.165, 1.54) is 30.3 Å². The smallest absolute Gasteiger partial charge is 0.343 e. The highest BCUT2D eigenvalue weighted by molar-refractivity contribution is 6.09. The van der Waals surface area contributed by atoms with Crippen LogP contribution >= 0.6 is 0 Å². The molecule has 8 heteroatoms. The summed E-state index contributed by atoms with van der Waals surface area (Å²) in [5.74, 6) is -0.891. The van der Waals surface area contributed by atoms with Gasteiger partial charge in [-0.1, -0.05) is 35.9 Å². The van der Waals surface area contributed by atoms with Crippen LogP contribution in [0.15, 0.2) is 78.4 Å². The summed E-state index contributed by atoms with van der Waals surface area (Å²) in [6.07, 6.45) is 1.36. The first-order chi connectivity index (χ1) is 15.4. The Hall–Kier alpha value is -4.77. The summed E-state index contributed by atoms with van der Waals surface area (Å²) in [7, 11) is 0. The minimum absolute atomic E-state index is 0.180. The van der Waals surface area contributed by atoms with E-state index < -0.39 is 16.8 Å². The van der Waals surface area contributed by atoms with Crippen LogP contribution < -0.4 is 10.1 Å². The Morgan fingerprint density at radius 1 is 1.06 bits per heavy atom. The number of nitrogens with one attached hydrogen (secondary N) is 1. The van der Waals surface area contributed by atoms with Gasteiger partial charge in [0.15, 0.2) is 0 Å². The number of non-ortho nitro benzene ring substituents is 1. The van der Waals surface area contributed by atoms with Crippen molar-refractivity contribution >= 4 is 29.3 Å². The van der Waals surface area contributed by atoms with Crippen LogP contribution in [0.2, 0.25) is 0 Å². The van der Waals surface area contributed by atoms with E-state index in [1.54, 1.807) is 36.4 Å². The molecule has 0 spiro atoms. The normalized spacial score (nSPS) is 10.7. The zero-order chi connectivity index (χ0) is 23.1. The van der Waals surface area contributed by atoms with Gasteiger partial charge in [-0.25, -0.2) is 4.79 Å². The number of ether oxygens (including phenoxy) is 1. The maximum atomic E-state index is 12.4. The van der Waals surface area contributed by atoms with Crippen molar-refractivity contribution in [3.63, 3.8) is 0 Å². The van der Waals surface area contributed by atoms with Crippen LogP contribution in [0.4, 0.5) is 11.4 Å². The van der Waals surface area contributed by atoms with Crippen molar-refractivity contribution in [2.75, 3.05) is 5.32 Å². The molecule has 1 amide bonds. The SMILES string of the molecule is Cc1ccc(C(=O)Oc2ccc(C=C(C#N)C(=O)Nc3cccc([N+](=O)[O-])c3)cc2)cc1. The van der Waals surface area contributed by atoms with Gasteiger partial charge in [0.05, 0.1) is 10.5 Å². The van der Waals surface area contributed by atoms with Gasteiger partial charge in [0.2, 0.25) is 0 Å². The molecule has 32 heavy (non-hydrogen) atoms. The molecule has 0 saturated heterocycles. The zero-order valence-corrected chi connectivity index (χ0v) is 16.9. The summed E-state index contributed by atoms with van der Waals surface area (Å²) in [6.45, 7) is 1.92. The summed E-state index contributed by atoms with van der Waals surface area (Å²) in [5, 5.41) is 22.7. The predicted molar refractivity (Wildman–Crippen MR) is 118 cm³/mol. The fourth-order valence-electron chi connectivity index (χ4n) is 2.70. The van der Waals surface area contributed by atoms with Crippen LogP contribution in [0, 0.1) is 28.4 Å². The van der Waals surface area contributed by atoms with Crippen molar-refractivity contribution in [3.05, 3.63) is 105 Å². The monoisotopic (exact) mass is 427 g/mol. The quantitative estimate of drug-likeness (QED) is 0.152. The molecule has 158 valence electrons. The molecule has 0 aromatic heterocycles. The molecule has 1 N–H and O–H groups in total. The highest BCUT2D eigenvalue weighted by Crippen LogP contribution is 2.19. The van der Waals surface area contributed by atoms with Crippen LogP contribution in [-0.4, -0.2) is 16.8 Å². The Morgan fingerprint density at radius 2 is 1.75 bits per heavy atom. The molecule has 8 nitrogen and oxygen atoms in total. The number of anilines is 1. The largest absolute Gasteiger partial charge is 0.423 e. The summed E-state index contributed by atoms with van der Waals surface area (Å²) in [6, 6.07) is 20.5. The summed E-state index contributed by atoms with van der Waals surface area (Å²) >= 11 is 0. The molecule has 0 heterocycles. The third-order valence-electron chi connectivity index (χ3n) is 4.37. The van der Waals surface area contributed by atoms with E-state index in [0.29, 0.717) is 16.9 Å². The maximum absolute atomic E-state index is 12.4. The number of hydrogen-bond acceptors (Lipinski definition) is 6. The molecule has 0 aliphatic carbocycles. The van der Waals surface area contributed by atoms with Crippen LogP contribution in [0.25, 0.3) is 6.08 Å². The number of esters is 1. The summed E-state index contributed by atoms with van der Waals surface area (Å²) in [4.78, 5) is 34.8. The molecular weight excluding hydrogens is 410 g/mol. The Morgan fingerprint density at radius 3 is 2.38 bits per heavy atom. The first-order valence-corrected chi connectivity index (χ1v) is 9.42. The highest BCUT2D eigenvalue weighted by atomic mass is 16.6. The number of nitro benzene ring substituents is 1. The second-order valence-corrected chi connectivity index (χ2v) is 6.76. The zero-order valence-electron chi connectivity index (χ0n) is 16.9. The van der Waals surface area contributed by atoms with Crippen molar-refractivity contribution in [2.45, 2.75) is 6.92 Å². The highest BCUT2D eigenvalue weighted by Gasteiger charge is 2.13. The lowest BCUT2D eigenvalue weighted by Gasteiger charge is -2.06. The van der Waals surface area contributed by atoms with Crippen LogP contribution in [0.5, 0.6) is 5.75 Å². The van der Waals surface area contributed by atoms with Gasteiger partial charge in [-0.15, -0.1) is 0 Å². The molecule has 0 atom stereocenters. The number of aryl methyl sites for hydroxylation is 1. The minimum Gasteiger partial charge on any atom is -0.423 e. The van der Waals surface area contributed by atoms with E-state index in [2.05, 4.69) is 5.32 Å². The predicted octanol–water partition coefficient (Wildman–Crippen LogP) is 4.67. The van der Waals surface area contributed by atoms with Crippen LogP contribution in [0.3, 0.4) is 0 Å². The number of nitriles is 1. The summed E-state index contributed by atoms with van der Waals surface area (Å²) < 4.78 is 5.32. The first kappa shape index (κ1) is 21.9. The topological polar surface area (TPSA) is 122 Å². The van der Waals surface area contributed by atoms with Gasteiger partial charge >= 0.3 is 5.97 Å². The van der Waals surface area contributed by atoms with Gasteiger partial charge in [0.1, 0.15) is 17.4 Å². The number of carbonyl (C=O) groups is 2. The molecule has 0 bridgehead atoms. The lowest BCUT2D eigenvalue weighted by molar-refractivity contribution is -0.384. The number of hydrogen-bond donors (Lipinski definition) is 1. The van der Waals surface area contributed by atoms with E-state index >= 15 is 0 Å². The Labute approximate surface area is 183 Å². The van der Waals surface area contributed by atoms with Crippen LogP contribution in [0.1, 0.15) is 21.5 Å². The molecular formula is C24H17N3O5. The molecule has 0 aliphatic heterocycles. The lowest BCUT2D eigenvalue weighted by atomic mass is 10.1. The minimum atomic E-state index is -0.706. The van der Waals surface area contributed by atoms with Gasteiger partial charge in [0.25, 0.3) is 11.6 Å². The van der Waals surface area contributed by atoms with E-state index in [9.17, 15) is 25.0 Å². The third-order valence-corrected chi connectivity index (χ3v) is 4.37. The van der Waals surface area contributed by atoms with Gasteiger partial charge in [-0.05, 0) is 48.9 Å². The number of carbonyl (C=O) groups excluding carboxylic acids is 2. The molecule has 0 saturated carbocycles. The number of nitrogens with zero attached hydrogens (tertiary/aromatic N) is 2. The van der Waals surface area contributed by atoms with Gasteiger partial charge in [-0.2, -0.15) is 5.26 Å². The van der Waals surface area contributed by atoms with Crippen LogP contribution in [-0.2, 0) is 4.79 Å². The Bertz CT molecular complexity index is 1240. The Kier molecular flexibility index (Phi) is 6.73. The fourth-order valence-corrected chi connectivity index (χ4v) is 2.70. The molecule has 3 aromatic carbocycles. The number of rotatable bonds is 6. The van der Waals surface area contributed by atoms with E-state index in [0.717, 1.165) is 5.56 Å². The second kappa shape index (κ2) is 9.82. The van der Waals surface area contributed by atoms with Crippen molar-refractivity contribution in [2.24, 2.45) is 0 Å². The van der Waals surface area contributed by atoms with Crippen molar-refractivity contribution in [3.8, 4) is 11.8 Å². The number of nitro groups is 1. The van der Waals surface area contributed by atoms with Gasteiger partial charge in [-0.3, -0.25) is 14.9 Å². The summed E-state index contributed by atoms with van der Waals surface area (Å²) in [5.41, 5.74) is 1.81. The standard InChI is InChI=1S/C24H17N3O5/c1-16-5-9-18(10-6-16)24(29)32-22-11-7-17(8-12-22)13-19(15-25)23(28)26-20-3-2-4-21(14-20)27(30)31/h2-14H,1H3,(H,26,28). The molecule has 3 rings (SSSR count). The molecule has 3 aromatic rings. The number of amides is 1. The van der Waals surface area contributed by atoms with E-state index in [-0.39, 0.29) is 16.9 Å². The van der Waals surface area contributed by atoms with E-state index in [4.69, 9.17) is 4.74 Å². The van der Waals surface area contributed by atoms with Crippen molar-refractivity contribution in [1.29, 1.82) is 5.26 Å². The number of benzene rings is 3. The maximum Gasteiger partial charge on any atom is 0.343 e.